The number of ether oxygens (including phenoxy) is 1. The predicted molar refractivity (Wildman–Crippen MR) is 79.8 cm³/mol. The molecule has 7 heteroatoms. The van der Waals surface area contributed by atoms with Crippen LogP contribution in [0.4, 0.5) is 20.8 Å². The van der Waals surface area contributed by atoms with E-state index in [4.69, 9.17) is 10.5 Å². The van der Waals surface area contributed by atoms with Gasteiger partial charge in [-0.2, -0.15) is 0 Å². The molecule has 0 amide bonds. The van der Waals surface area contributed by atoms with Crippen molar-refractivity contribution in [1.82, 2.24) is 0 Å². The lowest BCUT2D eigenvalue weighted by Crippen LogP contribution is -2.09. The van der Waals surface area contributed by atoms with Crippen molar-refractivity contribution in [2.45, 2.75) is 6.92 Å². The molecule has 0 spiro atoms. The molecule has 110 valence electrons. The molecule has 3 N–H and O–H groups in total. The van der Waals surface area contributed by atoms with Gasteiger partial charge in [-0.25, -0.2) is 9.18 Å². The molecule has 0 unspecified atom stereocenters. The van der Waals surface area contributed by atoms with Crippen molar-refractivity contribution in [3.05, 3.63) is 40.5 Å². The van der Waals surface area contributed by atoms with E-state index < -0.39 is 11.8 Å². The Kier molecular flexibility index (Phi) is 4.54. The number of nitrogens with one attached hydrogen (secondary N) is 1. The van der Waals surface area contributed by atoms with Crippen molar-refractivity contribution >= 4 is 40.0 Å². The molecule has 0 saturated carbocycles. The fourth-order valence-electron chi connectivity index (χ4n) is 1.73. The summed E-state index contributed by atoms with van der Waals surface area (Å²) in [5.41, 5.74) is 6.05. The first kappa shape index (κ1) is 15.0. The number of hydrogen-bond acceptors (Lipinski definition) is 6. The molecule has 0 aliphatic carbocycles. The molecule has 2 rings (SSSR count). The summed E-state index contributed by atoms with van der Waals surface area (Å²) in [6.45, 7) is 1.83. The summed E-state index contributed by atoms with van der Waals surface area (Å²) < 4.78 is 18.6. The van der Waals surface area contributed by atoms with Crippen LogP contribution in [0.5, 0.6) is 0 Å². The zero-order chi connectivity index (χ0) is 15.4. The summed E-state index contributed by atoms with van der Waals surface area (Å²) >= 11 is 0.972. The minimum absolute atomic E-state index is 0.0345. The van der Waals surface area contributed by atoms with Crippen LogP contribution in [0.1, 0.15) is 27.0 Å². The van der Waals surface area contributed by atoms with Gasteiger partial charge in [0, 0.05) is 0 Å². The van der Waals surface area contributed by atoms with Gasteiger partial charge in [0.05, 0.1) is 22.9 Å². The van der Waals surface area contributed by atoms with Gasteiger partial charge in [-0.3, -0.25) is 4.79 Å². The van der Waals surface area contributed by atoms with E-state index in [9.17, 15) is 14.0 Å². The molecular formula is C14H13FN2O3S. The van der Waals surface area contributed by atoms with Crippen LogP contribution < -0.4 is 11.1 Å². The Bertz CT molecular complexity index is 685. The van der Waals surface area contributed by atoms with Gasteiger partial charge in [0.25, 0.3) is 0 Å². The van der Waals surface area contributed by atoms with Crippen LogP contribution in [0, 0.1) is 5.82 Å². The second-order valence-corrected chi connectivity index (χ2v) is 5.08. The number of esters is 1. The van der Waals surface area contributed by atoms with Gasteiger partial charge in [-0.15, -0.1) is 11.3 Å². The summed E-state index contributed by atoms with van der Waals surface area (Å²) in [6.07, 6.45) is 0.551. The molecule has 0 fully saturated rings. The average Bonchev–Trinajstić information content (AvgIpc) is 2.77. The Balaban J connectivity index is 2.45. The van der Waals surface area contributed by atoms with Crippen molar-refractivity contribution in [3.8, 4) is 0 Å². The highest BCUT2D eigenvalue weighted by Gasteiger charge is 2.23. The molecule has 0 aliphatic heterocycles. The molecule has 5 nitrogen and oxygen atoms in total. The Morgan fingerprint density at radius 2 is 2.19 bits per heavy atom. The van der Waals surface area contributed by atoms with Gasteiger partial charge in [0.2, 0.25) is 0 Å². The zero-order valence-electron chi connectivity index (χ0n) is 11.2. The van der Waals surface area contributed by atoms with E-state index in [0.717, 1.165) is 11.3 Å². The number of halogens is 1. The minimum atomic E-state index is -0.654. The standard InChI is InChI=1S/C14H13FN2O3S/c1-2-20-14(19)11-12(16)10(7-18)21-13(11)17-9-6-4-3-5-8(9)15/h3-7,17H,2,16H2,1H3. The molecule has 1 heterocycles. The van der Waals surface area contributed by atoms with E-state index >= 15 is 0 Å². The highest BCUT2D eigenvalue weighted by atomic mass is 32.1. The lowest BCUT2D eigenvalue weighted by Gasteiger charge is -2.08. The predicted octanol–water partition coefficient (Wildman–Crippen LogP) is 3.20. The average molecular weight is 308 g/mol. The van der Waals surface area contributed by atoms with Gasteiger partial charge in [0.15, 0.2) is 6.29 Å². The van der Waals surface area contributed by atoms with E-state index in [0.29, 0.717) is 6.29 Å². The minimum Gasteiger partial charge on any atom is -0.462 e. The van der Waals surface area contributed by atoms with Crippen LogP contribution >= 0.6 is 11.3 Å². The third-order valence-electron chi connectivity index (χ3n) is 2.68. The SMILES string of the molecule is CCOC(=O)c1c(Nc2ccccc2F)sc(C=O)c1N. The molecule has 0 aliphatic rings. The number of hydrogen-bond donors (Lipinski definition) is 2. The summed E-state index contributed by atoms with van der Waals surface area (Å²) in [7, 11) is 0. The molecule has 0 atom stereocenters. The highest BCUT2D eigenvalue weighted by molar-refractivity contribution is 7.18. The largest absolute Gasteiger partial charge is 0.462 e. The molecule has 0 bridgehead atoms. The maximum absolute atomic E-state index is 13.7. The second-order valence-electron chi connectivity index (χ2n) is 4.03. The number of nitrogens with two attached hydrogens (primary N) is 1. The quantitative estimate of drug-likeness (QED) is 0.655. The first-order valence-electron chi connectivity index (χ1n) is 6.14. The Hall–Kier alpha value is -2.41. The van der Waals surface area contributed by atoms with Crippen LogP contribution in [0.25, 0.3) is 0 Å². The first-order valence-corrected chi connectivity index (χ1v) is 6.96. The lowest BCUT2D eigenvalue weighted by molar-refractivity contribution is 0.0529. The maximum Gasteiger partial charge on any atom is 0.343 e. The van der Waals surface area contributed by atoms with Crippen LogP contribution in [-0.4, -0.2) is 18.9 Å². The van der Waals surface area contributed by atoms with Gasteiger partial charge >= 0.3 is 5.97 Å². The van der Waals surface area contributed by atoms with Crippen molar-refractivity contribution in [2.75, 3.05) is 17.7 Å². The fourth-order valence-corrected chi connectivity index (χ4v) is 2.66. The Labute approximate surface area is 124 Å². The molecule has 0 radical (unpaired) electrons. The Morgan fingerprint density at radius 1 is 1.48 bits per heavy atom. The number of nitrogen functional groups attached to an aromatic ring is 1. The second kappa shape index (κ2) is 6.36. The third-order valence-corrected chi connectivity index (χ3v) is 3.73. The number of thiophene rings is 1. The number of anilines is 3. The topological polar surface area (TPSA) is 81.4 Å². The molecule has 1 aromatic carbocycles. The van der Waals surface area contributed by atoms with Crippen molar-refractivity contribution in [1.29, 1.82) is 0 Å². The van der Waals surface area contributed by atoms with Crippen molar-refractivity contribution in [2.24, 2.45) is 0 Å². The molecule has 21 heavy (non-hydrogen) atoms. The summed E-state index contributed by atoms with van der Waals surface area (Å²) in [5, 5.41) is 3.06. The first-order chi connectivity index (χ1) is 10.1. The third kappa shape index (κ3) is 3.03. The van der Waals surface area contributed by atoms with Gasteiger partial charge in [0.1, 0.15) is 16.4 Å². The normalized spacial score (nSPS) is 10.2. The van der Waals surface area contributed by atoms with Gasteiger partial charge in [-0.1, -0.05) is 12.1 Å². The van der Waals surface area contributed by atoms with Gasteiger partial charge < -0.3 is 15.8 Å². The maximum atomic E-state index is 13.7. The van der Waals surface area contributed by atoms with Crippen molar-refractivity contribution in [3.63, 3.8) is 0 Å². The van der Waals surface area contributed by atoms with Crippen molar-refractivity contribution < 1.29 is 18.7 Å². The zero-order valence-corrected chi connectivity index (χ0v) is 12.0. The van der Waals surface area contributed by atoms with E-state index in [1.807, 2.05) is 0 Å². The Morgan fingerprint density at radius 3 is 2.81 bits per heavy atom. The van der Waals surface area contributed by atoms with E-state index in [1.165, 1.54) is 12.1 Å². The highest BCUT2D eigenvalue weighted by Crippen LogP contribution is 2.37. The van der Waals surface area contributed by atoms with Crippen LogP contribution in [0.3, 0.4) is 0 Å². The van der Waals surface area contributed by atoms with Gasteiger partial charge in [-0.05, 0) is 19.1 Å². The van der Waals surface area contributed by atoms with Crippen LogP contribution in [0.2, 0.25) is 0 Å². The fraction of sp³-hybridized carbons (Fsp3) is 0.143. The number of para-hydroxylation sites is 1. The molecular weight excluding hydrogens is 295 g/mol. The van der Waals surface area contributed by atoms with E-state index in [-0.39, 0.29) is 33.4 Å². The monoisotopic (exact) mass is 308 g/mol. The molecule has 1 aromatic heterocycles. The number of carbonyl (C=O) groups is 2. The summed E-state index contributed by atoms with van der Waals surface area (Å²) in [6, 6.07) is 5.99. The summed E-state index contributed by atoms with van der Waals surface area (Å²) in [4.78, 5) is 23.1. The smallest absolute Gasteiger partial charge is 0.343 e. The summed E-state index contributed by atoms with van der Waals surface area (Å²) in [5.74, 6) is -1.13. The lowest BCUT2D eigenvalue weighted by atomic mass is 10.2. The molecule has 2 aromatic rings. The number of benzene rings is 1. The van der Waals surface area contributed by atoms with E-state index in [1.54, 1.807) is 19.1 Å². The van der Waals surface area contributed by atoms with Crippen LogP contribution in [0.15, 0.2) is 24.3 Å². The van der Waals surface area contributed by atoms with Crippen LogP contribution in [-0.2, 0) is 4.74 Å². The number of carbonyl (C=O) groups excluding carboxylic acids is 2. The number of rotatable bonds is 5. The number of aldehydes is 1. The van der Waals surface area contributed by atoms with E-state index in [2.05, 4.69) is 5.32 Å². The molecule has 0 saturated heterocycles.